The number of hydrogen-bond donors (Lipinski definition) is 2. The summed E-state index contributed by atoms with van der Waals surface area (Å²) in [5.41, 5.74) is 0.759. The standard InChI is InChI=1S/C22H28N2O4S/c1-16-5-3-7-21(17(16)2)24-22(25)13-10-18-8-11-20(12-9-18)29(26,27)23-15-19-6-4-14-28-19/h4,6,8-14,16-17,21,23H,3,5,7,15H2,1-2H3,(H,24,25)/b13-10+/t16-,17-,21-/m1/s1. The minimum atomic E-state index is -3.63. The lowest BCUT2D eigenvalue weighted by Crippen LogP contribution is -2.43. The van der Waals surface area contributed by atoms with Crippen LogP contribution in [0, 0.1) is 11.8 Å². The molecule has 3 atom stereocenters. The van der Waals surface area contributed by atoms with Gasteiger partial charge < -0.3 is 9.73 Å². The van der Waals surface area contributed by atoms with E-state index < -0.39 is 10.0 Å². The summed E-state index contributed by atoms with van der Waals surface area (Å²) >= 11 is 0. The normalized spacial score (nSPS) is 22.6. The van der Waals surface area contributed by atoms with Gasteiger partial charge in [-0.25, -0.2) is 13.1 Å². The second kappa shape index (κ2) is 9.41. The Morgan fingerprint density at radius 3 is 2.62 bits per heavy atom. The number of carbonyl (C=O) groups is 1. The van der Waals surface area contributed by atoms with Crippen LogP contribution in [0.3, 0.4) is 0 Å². The number of rotatable bonds is 7. The maximum atomic E-state index is 12.3. The number of sulfonamides is 1. The predicted molar refractivity (Wildman–Crippen MR) is 112 cm³/mol. The molecule has 6 nitrogen and oxygen atoms in total. The Morgan fingerprint density at radius 2 is 1.93 bits per heavy atom. The fourth-order valence-corrected chi connectivity index (χ4v) is 4.60. The van der Waals surface area contributed by atoms with Crippen LogP contribution in [0.2, 0.25) is 0 Å². The van der Waals surface area contributed by atoms with Crippen molar-refractivity contribution >= 4 is 22.0 Å². The molecule has 1 aliphatic rings. The summed E-state index contributed by atoms with van der Waals surface area (Å²) in [4.78, 5) is 12.4. The first-order valence-corrected chi connectivity index (χ1v) is 11.4. The molecule has 2 N–H and O–H groups in total. The van der Waals surface area contributed by atoms with Gasteiger partial charge in [-0.3, -0.25) is 4.79 Å². The molecule has 1 aromatic carbocycles. The van der Waals surface area contributed by atoms with E-state index in [9.17, 15) is 13.2 Å². The van der Waals surface area contributed by atoms with Gasteiger partial charge in [0, 0.05) is 12.1 Å². The van der Waals surface area contributed by atoms with Gasteiger partial charge >= 0.3 is 0 Å². The van der Waals surface area contributed by atoms with Gasteiger partial charge in [-0.1, -0.05) is 38.8 Å². The summed E-state index contributed by atoms with van der Waals surface area (Å²) in [5.74, 6) is 1.52. The van der Waals surface area contributed by atoms with Gasteiger partial charge in [0.1, 0.15) is 5.76 Å². The van der Waals surface area contributed by atoms with E-state index in [0.29, 0.717) is 17.6 Å². The number of furan rings is 1. The van der Waals surface area contributed by atoms with Crippen LogP contribution in [0.15, 0.2) is 58.1 Å². The van der Waals surface area contributed by atoms with Crippen molar-refractivity contribution in [1.29, 1.82) is 0 Å². The first-order valence-electron chi connectivity index (χ1n) is 9.96. The van der Waals surface area contributed by atoms with Gasteiger partial charge in [-0.05, 0) is 54.2 Å². The Hall–Kier alpha value is -2.38. The van der Waals surface area contributed by atoms with E-state index in [1.54, 1.807) is 30.3 Å². The average molecular weight is 417 g/mol. The van der Waals surface area contributed by atoms with E-state index in [0.717, 1.165) is 18.4 Å². The van der Waals surface area contributed by atoms with Crippen LogP contribution < -0.4 is 10.0 Å². The molecule has 0 aliphatic heterocycles. The van der Waals surface area contributed by atoms with E-state index in [2.05, 4.69) is 23.9 Å². The predicted octanol–water partition coefficient (Wildman–Crippen LogP) is 3.71. The van der Waals surface area contributed by atoms with Gasteiger partial charge in [0.25, 0.3) is 0 Å². The number of carbonyl (C=O) groups excluding carboxylic acids is 1. The van der Waals surface area contributed by atoms with E-state index in [-0.39, 0.29) is 23.4 Å². The maximum absolute atomic E-state index is 12.3. The molecule has 7 heteroatoms. The minimum Gasteiger partial charge on any atom is -0.468 e. The van der Waals surface area contributed by atoms with Crippen LogP contribution in [-0.4, -0.2) is 20.4 Å². The molecule has 1 heterocycles. The van der Waals surface area contributed by atoms with Gasteiger partial charge in [-0.2, -0.15) is 0 Å². The van der Waals surface area contributed by atoms with Crippen LogP contribution in [0.4, 0.5) is 0 Å². The van der Waals surface area contributed by atoms with Crippen molar-refractivity contribution in [1.82, 2.24) is 10.0 Å². The first-order chi connectivity index (χ1) is 13.8. The molecule has 1 aliphatic carbocycles. The third kappa shape index (κ3) is 5.81. The molecule has 156 valence electrons. The Labute approximate surface area is 172 Å². The zero-order valence-corrected chi connectivity index (χ0v) is 17.6. The molecule has 2 aromatic rings. The van der Waals surface area contributed by atoms with Crippen LogP contribution in [0.5, 0.6) is 0 Å². The molecule has 0 bridgehead atoms. The maximum Gasteiger partial charge on any atom is 0.244 e. The monoisotopic (exact) mass is 416 g/mol. The van der Waals surface area contributed by atoms with Crippen LogP contribution >= 0.6 is 0 Å². The molecular weight excluding hydrogens is 388 g/mol. The lowest BCUT2D eigenvalue weighted by molar-refractivity contribution is -0.117. The average Bonchev–Trinajstić information content (AvgIpc) is 3.23. The SMILES string of the molecule is C[C@@H]1[C@H](C)CCC[C@H]1NC(=O)/C=C/c1ccc(S(=O)(=O)NCc2ccco2)cc1. The van der Waals surface area contributed by atoms with E-state index >= 15 is 0 Å². The molecule has 1 aromatic heterocycles. The zero-order valence-electron chi connectivity index (χ0n) is 16.8. The van der Waals surface area contributed by atoms with E-state index in [1.807, 2.05) is 0 Å². The van der Waals surface area contributed by atoms with Crippen LogP contribution in [-0.2, 0) is 21.4 Å². The van der Waals surface area contributed by atoms with Gasteiger partial charge in [0.05, 0.1) is 17.7 Å². The molecule has 3 rings (SSSR count). The second-order valence-electron chi connectivity index (χ2n) is 7.69. The molecule has 0 radical (unpaired) electrons. The molecule has 1 saturated carbocycles. The Balaban J connectivity index is 1.56. The Kier molecular flexibility index (Phi) is 6.92. The molecule has 0 unspecified atom stereocenters. The second-order valence-corrected chi connectivity index (χ2v) is 9.46. The number of benzene rings is 1. The van der Waals surface area contributed by atoms with Gasteiger partial charge in [0.15, 0.2) is 0 Å². The summed E-state index contributed by atoms with van der Waals surface area (Å²) in [6.07, 6.45) is 8.07. The van der Waals surface area contributed by atoms with Crippen molar-refractivity contribution in [2.45, 2.75) is 50.6 Å². The zero-order chi connectivity index (χ0) is 20.9. The largest absolute Gasteiger partial charge is 0.468 e. The van der Waals surface area contributed by atoms with Crippen molar-refractivity contribution in [2.75, 3.05) is 0 Å². The number of nitrogens with one attached hydrogen (secondary N) is 2. The third-order valence-corrected chi connectivity index (χ3v) is 7.09. The van der Waals surface area contributed by atoms with E-state index in [4.69, 9.17) is 4.42 Å². The van der Waals surface area contributed by atoms with Crippen molar-refractivity contribution < 1.29 is 17.6 Å². The molecule has 29 heavy (non-hydrogen) atoms. The topological polar surface area (TPSA) is 88.4 Å². The summed E-state index contributed by atoms with van der Waals surface area (Å²) in [5, 5.41) is 3.09. The summed E-state index contributed by atoms with van der Waals surface area (Å²) in [7, 11) is -3.63. The molecule has 0 saturated heterocycles. The number of amides is 1. The molecular formula is C22H28N2O4S. The quantitative estimate of drug-likeness (QED) is 0.674. The smallest absolute Gasteiger partial charge is 0.244 e. The highest BCUT2D eigenvalue weighted by Gasteiger charge is 2.27. The molecule has 0 spiro atoms. The van der Waals surface area contributed by atoms with Crippen LogP contribution in [0.1, 0.15) is 44.4 Å². The number of hydrogen-bond acceptors (Lipinski definition) is 4. The van der Waals surface area contributed by atoms with Crippen molar-refractivity contribution in [2.24, 2.45) is 11.8 Å². The highest BCUT2D eigenvalue weighted by Crippen LogP contribution is 2.29. The fraction of sp³-hybridized carbons (Fsp3) is 0.409. The highest BCUT2D eigenvalue weighted by molar-refractivity contribution is 7.89. The van der Waals surface area contributed by atoms with Gasteiger partial charge in [0.2, 0.25) is 15.9 Å². The summed E-state index contributed by atoms with van der Waals surface area (Å²) in [6, 6.07) is 10.0. The minimum absolute atomic E-state index is 0.0926. The molecule has 1 amide bonds. The molecule has 1 fully saturated rings. The third-order valence-electron chi connectivity index (χ3n) is 5.67. The van der Waals surface area contributed by atoms with Crippen LogP contribution in [0.25, 0.3) is 6.08 Å². The highest BCUT2D eigenvalue weighted by atomic mass is 32.2. The van der Waals surface area contributed by atoms with Crippen molar-refractivity contribution in [3.63, 3.8) is 0 Å². The summed E-state index contributed by atoms with van der Waals surface area (Å²) < 4.78 is 32.3. The Bertz CT molecular complexity index is 934. The Morgan fingerprint density at radius 1 is 1.17 bits per heavy atom. The summed E-state index contributed by atoms with van der Waals surface area (Å²) in [6.45, 7) is 4.52. The van der Waals surface area contributed by atoms with Crippen molar-refractivity contribution in [3.8, 4) is 0 Å². The fourth-order valence-electron chi connectivity index (χ4n) is 3.61. The lowest BCUT2D eigenvalue weighted by Gasteiger charge is -2.34. The van der Waals surface area contributed by atoms with Crippen molar-refractivity contribution in [3.05, 3.63) is 60.1 Å². The van der Waals surface area contributed by atoms with E-state index in [1.165, 1.54) is 30.9 Å². The first kappa shape index (κ1) is 21.3. The van der Waals surface area contributed by atoms with Gasteiger partial charge in [-0.15, -0.1) is 0 Å². The lowest BCUT2D eigenvalue weighted by atomic mass is 9.78.